The molecule has 7 heteroatoms. The van der Waals surface area contributed by atoms with E-state index in [-0.39, 0.29) is 9.92 Å². The quantitative estimate of drug-likeness (QED) is 0.782. The number of nitrogens with one attached hydrogen (secondary N) is 2. The zero-order valence-electron chi connectivity index (χ0n) is 9.62. The van der Waals surface area contributed by atoms with E-state index in [1.807, 2.05) is 0 Å². The van der Waals surface area contributed by atoms with Crippen molar-refractivity contribution in [3.05, 3.63) is 29.0 Å². The van der Waals surface area contributed by atoms with Gasteiger partial charge in [0, 0.05) is 19.1 Å². The molecule has 0 spiro atoms. The fraction of sp³-hybridized carbons (Fsp3) is 0.455. The zero-order chi connectivity index (χ0) is 13.2. The minimum Gasteiger partial charge on any atom is -0.313 e. The lowest BCUT2D eigenvalue weighted by atomic mass is 10.3. The molecule has 100 valence electrons. The third kappa shape index (κ3) is 3.65. The highest BCUT2D eigenvalue weighted by Gasteiger charge is 2.20. The van der Waals surface area contributed by atoms with Crippen molar-refractivity contribution < 1.29 is 12.8 Å². The van der Waals surface area contributed by atoms with Crippen LogP contribution in [0.4, 0.5) is 4.39 Å². The summed E-state index contributed by atoms with van der Waals surface area (Å²) >= 11 is 5.55. The lowest BCUT2D eigenvalue weighted by Gasteiger charge is -2.07. The maximum Gasteiger partial charge on any atom is 0.240 e. The maximum atomic E-state index is 12.9. The van der Waals surface area contributed by atoms with E-state index in [9.17, 15) is 12.8 Å². The predicted molar refractivity (Wildman–Crippen MR) is 67.6 cm³/mol. The van der Waals surface area contributed by atoms with E-state index in [1.54, 1.807) is 0 Å². The molecule has 1 aromatic rings. The summed E-state index contributed by atoms with van der Waals surface area (Å²) in [5.74, 6) is -0.633. The summed E-state index contributed by atoms with van der Waals surface area (Å²) in [4.78, 5) is -0.0275. The second kappa shape index (κ2) is 5.52. The first-order valence-corrected chi connectivity index (χ1v) is 7.53. The zero-order valence-corrected chi connectivity index (χ0v) is 11.2. The molecule has 0 heterocycles. The van der Waals surface area contributed by atoms with Crippen molar-refractivity contribution in [2.45, 2.75) is 23.8 Å². The maximum absolute atomic E-state index is 12.9. The summed E-state index contributed by atoms with van der Waals surface area (Å²) in [6.45, 7) is 0.882. The highest BCUT2D eigenvalue weighted by molar-refractivity contribution is 7.89. The third-order valence-electron chi connectivity index (χ3n) is 2.63. The van der Waals surface area contributed by atoms with Crippen molar-refractivity contribution in [2.75, 3.05) is 13.1 Å². The largest absolute Gasteiger partial charge is 0.313 e. The molecule has 2 rings (SSSR count). The van der Waals surface area contributed by atoms with Gasteiger partial charge in [0.15, 0.2) is 0 Å². The molecule has 0 radical (unpaired) electrons. The van der Waals surface area contributed by atoms with Crippen LogP contribution in [-0.2, 0) is 10.0 Å². The smallest absolute Gasteiger partial charge is 0.240 e. The molecule has 0 atom stereocenters. The first-order valence-electron chi connectivity index (χ1n) is 5.67. The summed E-state index contributed by atoms with van der Waals surface area (Å²) < 4.78 is 39.0. The second-order valence-corrected chi connectivity index (χ2v) is 6.38. The Kier molecular flexibility index (Phi) is 4.21. The fourth-order valence-corrected chi connectivity index (χ4v) is 2.78. The number of sulfonamides is 1. The SMILES string of the molecule is O=S(=O)(NCCNC1CC1)c1ccc(F)c(Cl)c1. The lowest BCUT2D eigenvalue weighted by Crippen LogP contribution is -2.32. The van der Waals surface area contributed by atoms with Gasteiger partial charge >= 0.3 is 0 Å². The van der Waals surface area contributed by atoms with Crippen molar-refractivity contribution in [3.63, 3.8) is 0 Å². The monoisotopic (exact) mass is 292 g/mol. The fourth-order valence-electron chi connectivity index (χ4n) is 1.48. The van der Waals surface area contributed by atoms with Crippen LogP contribution in [0, 0.1) is 5.82 Å². The van der Waals surface area contributed by atoms with Crippen LogP contribution in [0.25, 0.3) is 0 Å². The molecule has 18 heavy (non-hydrogen) atoms. The van der Waals surface area contributed by atoms with Crippen molar-refractivity contribution in [2.24, 2.45) is 0 Å². The van der Waals surface area contributed by atoms with Crippen LogP contribution in [-0.4, -0.2) is 27.5 Å². The summed E-state index contributed by atoms with van der Waals surface area (Å²) in [5, 5.41) is 2.99. The number of benzene rings is 1. The highest BCUT2D eigenvalue weighted by Crippen LogP contribution is 2.19. The standard InChI is InChI=1S/C11H14ClFN2O2S/c12-10-7-9(3-4-11(10)13)18(16,17)15-6-5-14-8-1-2-8/h3-4,7-8,14-15H,1-2,5-6H2. The van der Waals surface area contributed by atoms with Gasteiger partial charge in [0.2, 0.25) is 10.0 Å². The summed E-state index contributed by atoms with van der Waals surface area (Å²) in [7, 11) is -3.62. The molecular formula is C11H14ClFN2O2S. The van der Waals surface area contributed by atoms with Gasteiger partial charge in [-0.1, -0.05) is 11.6 Å². The molecule has 1 aliphatic rings. The van der Waals surface area contributed by atoms with Gasteiger partial charge in [0.25, 0.3) is 0 Å². The van der Waals surface area contributed by atoms with E-state index in [0.29, 0.717) is 19.1 Å². The van der Waals surface area contributed by atoms with Crippen LogP contribution in [0.2, 0.25) is 5.02 Å². The Morgan fingerprint density at radius 2 is 2.06 bits per heavy atom. The van der Waals surface area contributed by atoms with Crippen molar-refractivity contribution in [1.29, 1.82) is 0 Å². The van der Waals surface area contributed by atoms with E-state index >= 15 is 0 Å². The van der Waals surface area contributed by atoms with Gasteiger partial charge in [0.1, 0.15) is 5.82 Å². The van der Waals surface area contributed by atoms with Gasteiger partial charge < -0.3 is 5.32 Å². The van der Waals surface area contributed by atoms with Crippen LogP contribution < -0.4 is 10.0 Å². The molecule has 0 saturated heterocycles. The topological polar surface area (TPSA) is 58.2 Å². The normalized spacial score (nSPS) is 15.9. The Morgan fingerprint density at radius 3 is 2.67 bits per heavy atom. The van der Waals surface area contributed by atoms with E-state index in [0.717, 1.165) is 25.0 Å². The Hall–Kier alpha value is -0.690. The van der Waals surface area contributed by atoms with E-state index in [1.165, 1.54) is 6.07 Å². The molecule has 0 aromatic heterocycles. The van der Waals surface area contributed by atoms with Gasteiger partial charge in [-0.3, -0.25) is 0 Å². The average Bonchev–Trinajstić information content (AvgIpc) is 3.12. The van der Waals surface area contributed by atoms with Gasteiger partial charge in [-0.2, -0.15) is 0 Å². The van der Waals surface area contributed by atoms with E-state index < -0.39 is 15.8 Å². The van der Waals surface area contributed by atoms with Gasteiger partial charge in [0.05, 0.1) is 9.92 Å². The van der Waals surface area contributed by atoms with Crippen molar-refractivity contribution in [1.82, 2.24) is 10.0 Å². The Labute approximate surface area is 111 Å². The first-order chi connectivity index (χ1) is 8.49. The third-order valence-corrected chi connectivity index (χ3v) is 4.38. The van der Waals surface area contributed by atoms with Crippen LogP contribution >= 0.6 is 11.6 Å². The van der Waals surface area contributed by atoms with Crippen molar-refractivity contribution in [3.8, 4) is 0 Å². The molecule has 1 fully saturated rings. The molecule has 0 bridgehead atoms. The van der Waals surface area contributed by atoms with E-state index in [4.69, 9.17) is 11.6 Å². The molecule has 1 saturated carbocycles. The Balaban J connectivity index is 1.93. The van der Waals surface area contributed by atoms with Crippen LogP contribution in [0.1, 0.15) is 12.8 Å². The molecule has 4 nitrogen and oxygen atoms in total. The summed E-state index contributed by atoms with van der Waals surface area (Å²) in [6.07, 6.45) is 2.31. The summed E-state index contributed by atoms with van der Waals surface area (Å²) in [5.41, 5.74) is 0. The van der Waals surface area contributed by atoms with Crippen LogP contribution in [0.3, 0.4) is 0 Å². The van der Waals surface area contributed by atoms with Crippen LogP contribution in [0.15, 0.2) is 23.1 Å². The van der Waals surface area contributed by atoms with E-state index in [2.05, 4.69) is 10.0 Å². The molecule has 0 aliphatic heterocycles. The number of halogens is 2. The van der Waals surface area contributed by atoms with Gasteiger partial charge in [-0.05, 0) is 31.0 Å². The Morgan fingerprint density at radius 1 is 1.33 bits per heavy atom. The van der Waals surface area contributed by atoms with Gasteiger partial charge in [-0.25, -0.2) is 17.5 Å². The highest BCUT2D eigenvalue weighted by atomic mass is 35.5. The molecular weight excluding hydrogens is 279 g/mol. The first kappa shape index (κ1) is 13.7. The molecule has 0 amide bonds. The lowest BCUT2D eigenvalue weighted by molar-refractivity contribution is 0.574. The minimum atomic E-state index is -3.62. The minimum absolute atomic E-state index is 0.0275. The molecule has 1 aliphatic carbocycles. The Bertz CT molecular complexity index is 532. The number of hydrogen-bond acceptors (Lipinski definition) is 3. The molecule has 2 N–H and O–H groups in total. The predicted octanol–water partition coefficient (Wildman–Crippen LogP) is 1.51. The number of rotatable bonds is 6. The second-order valence-electron chi connectivity index (χ2n) is 4.20. The molecule has 1 aromatic carbocycles. The van der Waals surface area contributed by atoms with Gasteiger partial charge in [-0.15, -0.1) is 0 Å². The number of hydrogen-bond donors (Lipinski definition) is 2. The van der Waals surface area contributed by atoms with Crippen LogP contribution in [0.5, 0.6) is 0 Å². The van der Waals surface area contributed by atoms with Crippen molar-refractivity contribution >= 4 is 21.6 Å². The summed E-state index contributed by atoms with van der Waals surface area (Å²) in [6, 6.07) is 3.87. The average molecular weight is 293 g/mol. The molecule has 0 unspecified atom stereocenters.